The Morgan fingerprint density at radius 3 is 2.44 bits per heavy atom. The summed E-state index contributed by atoms with van der Waals surface area (Å²) in [5, 5.41) is 2.96. The second kappa shape index (κ2) is 11.5. The van der Waals surface area contributed by atoms with Crippen LogP contribution in [0.25, 0.3) is 32.0 Å². The van der Waals surface area contributed by atoms with Crippen molar-refractivity contribution in [2.45, 2.75) is 46.8 Å². The maximum atomic E-state index is 13.8. The maximum absolute atomic E-state index is 13.8. The molecule has 224 valence electrons. The predicted octanol–water partition coefficient (Wildman–Crippen LogP) is 5.36. The predicted molar refractivity (Wildman–Crippen MR) is 164 cm³/mol. The molecule has 0 aliphatic carbocycles. The van der Waals surface area contributed by atoms with Crippen LogP contribution in [0.2, 0.25) is 0 Å². The molecule has 0 unspecified atom stereocenters. The van der Waals surface area contributed by atoms with Gasteiger partial charge in [-0.2, -0.15) is 0 Å². The summed E-state index contributed by atoms with van der Waals surface area (Å²) >= 11 is 1.29. The molecule has 5 aromatic rings. The fraction of sp³-hybridized carbons (Fsp3) is 0.290. The van der Waals surface area contributed by atoms with Crippen molar-refractivity contribution in [3.63, 3.8) is 0 Å². The molecule has 10 nitrogen and oxygen atoms in total. The molecule has 1 amide bonds. The van der Waals surface area contributed by atoms with Crippen molar-refractivity contribution < 1.29 is 18.7 Å². The SMILES string of the molecule is COc1cc(-c2sc3c(c2C)c(=O)n(CCNC(=O)OC(C)(C)C)c(=O)n3-c2ccc(F)cc2)ccc1-n1cnc(C)c1. The third-order valence-corrected chi connectivity index (χ3v) is 8.06. The summed E-state index contributed by atoms with van der Waals surface area (Å²) in [6.45, 7) is 8.85. The first-order valence-corrected chi connectivity index (χ1v) is 14.4. The van der Waals surface area contributed by atoms with Gasteiger partial charge in [-0.3, -0.25) is 13.9 Å². The number of fused-ring (bicyclic) bond motifs is 1. The number of hydrogen-bond donors (Lipinski definition) is 1. The van der Waals surface area contributed by atoms with Gasteiger partial charge in [-0.25, -0.2) is 19.0 Å². The van der Waals surface area contributed by atoms with Crippen molar-refractivity contribution >= 4 is 27.6 Å². The van der Waals surface area contributed by atoms with Gasteiger partial charge in [0, 0.05) is 24.2 Å². The largest absolute Gasteiger partial charge is 0.495 e. The molecule has 0 fully saturated rings. The molecule has 0 bridgehead atoms. The number of imidazole rings is 1. The number of halogens is 1. The van der Waals surface area contributed by atoms with Gasteiger partial charge in [-0.1, -0.05) is 6.07 Å². The molecule has 1 N–H and O–H groups in total. The number of carbonyl (C=O) groups excluding carboxylic acids is 1. The van der Waals surface area contributed by atoms with Crippen LogP contribution in [0.15, 0.2) is 64.6 Å². The van der Waals surface area contributed by atoms with Crippen molar-refractivity contribution in [3.05, 3.63) is 92.9 Å². The van der Waals surface area contributed by atoms with E-state index in [9.17, 15) is 18.8 Å². The van der Waals surface area contributed by atoms with Crippen LogP contribution < -0.4 is 21.3 Å². The Kier molecular flexibility index (Phi) is 7.98. The Balaban J connectivity index is 1.64. The average molecular weight is 606 g/mol. The lowest BCUT2D eigenvalue weighted by Gasteiger charge is -2.19. The lowest BCUT2D eigenvalue weighted by molar-refractivity contribution is 0.0525. The minimum atomic E-state index is -0.697. The van der Waals surface area contributed by atoms with Gasteiger partial charge in [0.25, 0.3) is 5.56 Å². The third kappa shape index (κ3) is 5.96. The van der Waals surface area contributed by atoms with E-state index in [-0.39, 0.29) is 13.1 Å². The maximum Gasteiger partial charge on any atom is 0.407 e. The normalized spacial score (nSPS) is 11.6. The molecule has 5 rings (SSSR count). The molecule has 0 aliphatic heterocycles. The van der Waals surface area contributed by atoms with Crippen LogP contribution in [0.1, 0.15) is 32.0 Å². The summed E-state index contributed by atoms with van der Waals surface area (Å²) in [4.78, 5) is 45.3. The van der Waals surface area contributed by atoms with Crippen LogP contribution >= 0.6 is 11.3 Å². The van der Waals surface area contributed by atoms with Crippen molar-refractivity contribution in [1.29, 1.82) is 0 Å². The number of nitrogens with zero attached hydrogens (tertiary/aromatic N) is 4. The molecule has 0 aliphatic rings. The van der Waals surface area contributed by atoms with E-state index < -0.39 is 28.8 Å². The number of nitrogens with one attached hydrogen (secondary N) is 1. The van der Waals surface area contributed by atoms with Gasteiger partial charge in [0.05, 0.1) is 35.9 Å². The Morgan fingerprint density at radius 1 is 1.09 bits per heavy atom. The number of amides is 1. The second-order valence-corrected chi connectivity index (χ2v) is 12.0. The molecule has 2 aromatic carbocycles. The van der Waals surface area contributed by atoms with Gasteiger partial charge < -0.3 is 19.4 Å². The molecule has 12 heteroatoms. The zero-order valence-corrected chi connectivity index (χ0v) is 25.5. The molecular formula is C31H32FN5O5S. The van der Waals surface area contributed by atoms with Crippen molar-refractivity contribution in [2.75, 3.05) is 13.7 Å². The van der Waals surface area contributed by atoms with Gasteiger partial charge >= 0.3 is 11.8 Å². The molecule has 0 radical (unpaired) electrons. The van der Waals surface area contributed by atoms with E-state index in [1.54, 1.807) is 34.2 Å². The Bertz CT molecular complexity index is 1950. The minimum absolute atomic E-state index is 0.0125. The van der Waals surface area contributed by atoms with Gasteiger partial charge in [-0.05, 0) is 82.1 Å². The zero-order chi connectivity index (χ0) is 31.1. The average Bonchev–Trinajstić information content (AvgIpc) is 3.53. The van der Waals surface area contributed by atoms with Crippen molar-refractivity contribution in [1.82, 2.24) is 24.0 Å². The van der Waals surface area contributed by atoms with Crippen LogP contribution in [0.4, 0.5) is 9.18 Å². The highest BCUT2D eigenvalue weighted by Crippen LogP contribution is 2.39. The molecule has 0 saturated heterocycles. The summed E-state index contributed by atoms with van der Waals surface area (Å²) in [6.07, 6.45) is 2.95. The third-order valence-electron chi connectivity index (χ3n) is 6.73. The summed E-state index contributed by atoms with van der Waals surface area (Å²) in [6, 6.07) is 11.2. The number of ether oxygens (including phenoxy) is 2. The highest BCUT2D eigenvalue weighted by Gasteiger charge is 2.23. The quantitative estimate of drug-likeness (QED) is 0.268. The molecule has 0 saturated carbocycles. The lowest BCUT2D eigenvalue weighted by Crippen LogP contribution is -2.42. The molecular weight excluding hydrogens is 573 g/mol. The van der Waals surface area contributed by atoms with Gasteiger partial charge in [0.1, 0.15) is 22.0 Å². The van der Waals surface area contributed by atoms with E-state index in [4.69, 9.17) is 9.47 Å². The summed E-state index contributed by atoms with van der Waals surface area (Å²) < 4.78 is 29.2. The summed E-state index contributed by atoms with van der Waals surface area (Å²) in [5.74, 6) is 0.152. The van der Waals surface area contributed by atoms with Crippen LogP contribution in [-0.4, -0.2) is 44.0 Å². The number of hydrogen-bond acceptors (Lipinski definition) is 7. The number of carbonyl (C=O) groups is 1. The van der Waals surface area contributed by atoms with Gasteiger partial charge in [0.15, 0.2) is 0 Å². The number of benzene rings is 2. The number of methoxy groups -OCH3 is 1. The monoisotopic (exact) mass is 605 g/mol. The zero-order valence-electron chi connectivity index (χ0n) is 24.7. The molecule has 43 heavy (non-hydrogen) atoms. The van der Waals surface area contributed by atoms with E-state index >= 15 is 0 Å². The Hall–Kier alpha value is -4.71. The van der Waals surface area contributed by atoms with Crippen LogP contribution in [0, 0.1) is 19.7 Å². The second-order valence-electron chi connectivity index (χ2n) is 11.0. The molecule has 0 atom stereocenters. The van der Waals surface area contributed by atoms with Crippen LogP contribution in [-0.2, 0) is 11.3 Å². The van der Waals surface area contributed by atoms with Gasteiger partial charge in [-0.15, -0.1) is 11.3 Å². The smallest absolute Gasteiger partial charge is 0.407 e. The lowest BCUT2D eigenvalue weighted by atomic mass is 10.1. The fourth-order valence-corrected chi connectivity index (χ4v) is 6.11. The summed E-state index contributed by atoms with van der Waals surface area (Å²) in [5.41, 5.74) is 1.76. The van der Waals surface area contributed by atoms with E-state index in [2.05, 4.69) is 10.3 Å². The Morgan fingerprint density at radius 2 is 1.81 bits per heavy atom. The number of aryl methyl sites for hydroxylation is 2. The van der Waals surface area contributed by atoms with Crippen LogP contribution in [0.3, 0.4) is 0 Å². The van der Waals surface area contributed by atoms with E-state index in [1.165, 1.54) is 40.2 Å². The first-order valence-electron chi connectivity index (χ1n) is 13.6. The number of alkyl carbamates (subject to hydrolysis) is 1. The highest BCUT2D eigenvalue weighted by molar-refractivity contribution is 7.22. The molecule has 3 heterocycles. The minimum Gasteiger partial charge on any atom is -0.495 e. The van der Waals surface area contributed by atoms with Crippen molar-refractivity contribution in [2.24, 2.45) is 0 Å². The Labute approximate surface area is 250 Å². The number of thiophene rings is 1. The van der Waals surface area contributed by atoms with E-state index in [0.717, 1.165) is 26.4 Å². The topological polar surface area (TPSA) is 109 Å². The first-order chi connectivity index (χ1) is 20.4. The first kappa shape index (κ1) is 29.8. The number of rotatable bonds is 7. The van der Waals surface area contributed by atoms with E-state index in [0.29, 0.717) is 27.2 Å². The number of aromatic nitrogens is 4. The van der Waals surface area contributed by atoms with E-state index in [1.807, 2.05) is 42.8 Å². The molecule has 0 spiro atoms. The molecule has 3 aromatic heterocycles. The van der Waals surface area contributed by atoms with Crippen LogP contribution in [0.5, 0.6) is 5.75 Å². The fourth-order valence-electron chi connectivity index (χ4n) is 4.80. The van der Waals surface area contributed by atoms with Gasteiger partial charge in [0.2, 0.25) is 0 Å². The highest BCUT2D eigenvalue weighted by atomic mass is 32.1. The standard InChI is InChI=1S/C31H32FN5O5S/c1-18-16-35(17-34-18)23-12-7-20(15-24(23)41-6)26-19(2)25-27(38)36(14-13-33-29(39)42-31(3,4)5)30(40)37(28(25)43-26)22-10-8-21(32)9-11-22/h7-12,15-17H,13-14H2,1-6H3,(H,33,39). The van der Waals surface area contributed by atoms with Crippen molar-refractivity contribution in [3.8, 4) is 27.6 Å². The summed E-state index contributed by atoms with van der Waals surface area (Å²) in [7, 11) is 1.58.